The van der Waals surface area contributed by atoms with Crippen LogP contribution < -0.4 is 0 Å². The average Bonchev–Trinajstić information content (AvgIpc) is 2.15. The minimum Gasteiger partial charge on any atom is -0.481 e. The monoisotopic (exact) mass is 241 g/mol. The van der Waals surface area contributed by atoms with Gasteiger partial charge in [-0.3, -0.25) is 9.69 Å². The van der Waals surface area contributed by atoms with Gasteiger partial charge >= 0.3 is 18.2 Å². The molecule has 8 heteroatoms. The summed E-state index contributed by atoms with van der Waals surface area (Å²) in [6, 6.07) is -2.10. The number of alkyl halides is 3. The number of halogens is 3. The van der Waals surface area contributed by atoms with Gasteiger partial charge in [-0.05, 0) is 12.8 Å². The van der Waals surface area contributed by atoms with Crippen LogP contribution in [0, 0.1) is 5.92 Å². The van der Waals surface area contributed by atoms with Crippen LogP contribution in [0.25, 0.3) is 0 Å². The molecular weight excluding hydrogens is 231 g/mol. The fraction of sp³-hybridized carbons (Fsp3) is 0.750. The van der Waals surface area contributed by atoms with E-state index >= 15 is 0 Å². The van der Waals surface area contributed by atoms with Gasteiger partial charge < -0.3 is 10.2 Å². The van der Waals surface area contributed by atoms with E-state index in [2.05, 4.69) is 0 Å². The first-order valence-electron chi connectivity index (χ1n) is 4.52. The standard InChI is InChI=1S/C8H10F3NO4/c9-8(10,11)5-2-1-4(6(13)14)3-12(5)7(15)16/h4-5H,1-3H2,(H,13,14)(H,15,16). The van der Waals surface area contributed by atoms with Crippen molar-refractivity contribution in [3.8, 4) is 0 Å². The van der Waals surface area contributed by atoms with Crippen molar-refractivity contribution < 1.29 is 33.0 Å². The van der Waals surface area contributed by atoms with Gasteiger partial charge in [0.15, 0.2) is 0 Å². The summed E-state index contributed by atoms with van der Waals surface area (Å²) < 4.78 is 37.3. The molecule has 0 aromatic rings. The first kappa shape index (κ1) is 12.6. The Morgan fingerprint density at radius 3 is 2.12 bits per heavy atom. The Morgan fingerprint density at radius 2 is 1.75 bits per heavy atom. The van der Waals surface area contributed by atoms with Crippen molar-refractivity contribution in [3.05, 3.63) is 0 Å². The SMILES string of the molecule is O=C(O)C1CCC(C(F)(F)F)N(C(=O)O)C1. The highest BCUT2D eigenvalue weighted by atomic mass is 19.4. The van der Waals surface area contributed by atoms with Crippen LogP contribution in [-0.2, 0) is 4.79 Å². The number of carboxylic acids is 1. The zero-order valence-electron chi connectivity index (χ0n) is 8.07. The summed E-state index contributed by atoms with van der Waals surface area (Å²) in [5.41, 5.74) is 0. The number of carboxylic acid groups (broad SMARTS) is 2. The van der Waals surface area contributed by atoms with Crippen molar-refractivity contribution in [2.24, 2.45) is 5.92 Å². The number of amides is 1. The molecule has 2 atom stereocenters. The van der Waals surface area contributed by atoms with Gasteiger partial charge in [0, 0.05) is 6.54 Å². The summed E-state index contributed by atoms with van der Waals surface area (Å²) in [6.45, 7) is -0.616. The molecular formula is C8H10F3NO4. The quantitative estimate of drug-likeness (QED) is 0.727. The molecule has 2 unspecified atom stereocenters. The Bertz CT molecular complexity index is 304. The molecule has 1 aliphatic heterocycles. The fourth-order valence-electron chi connectivity index (χ4n) is 1.72. The van der Waals surface area contributed by atoms with Crippen molar-refractivity contribution in [1.82, 2.24) is 4.90 Å². The van der Waals surface area contributed by atoms with Gasteiger partial charge in [-0.15, -0.1) is 0 Å². The van der Waals surface area contributed by atoms with E-state index < -0.39 is 43.2 Å². The van der Waals surface area contributed by atoms with Crippen LogP contribution in [0.1, 0.15) is 12.8 Å². The molecule has 2 N–H and O–H groups in total. The summed E-state index contributed by atoms with van der Waals surface area (Å²) in [7, 11) is 0. The minimum absolute atomic E-state index is 0.155. The van der Waals surface area contributed by atoms with Crippen molar-refractivity contribution in [1.29, 1.82) is 0 Å². The average molecular weight is 241 g/mol. The molecule has 0 aromatic carbocycles. The van der Waals surface area contributed by atoms with E-state index in [4.69, 9.17) is 10.2 Å². The third kappa shape index (κ3) is 2.56. The summed E-state index contributed by atoms with van der Waals surface area (Å²) in [5, 5.41) is 17.2. The van der Waals surface area contributed by atoms with Crippen molar-refractivity contribution in [2.75, 3.05) is 6.54 Å². The predicted molar refractivity (Wildman–Crippen MR) is 44.9 cm³/mol. The molecule has 0 aliphatic carbocycles. The smallest absolute Gasteiger partial charge is 0.408 e. The van der Waals surface area contributed by atoms with Crippen LogP contribution >= 0.6 is 0 Å². The van der Waals surface area contributed by atoms with Crippen molar-refractivity contribution >= 4 is 12.1 Å². The van der Waals surface area contributed by atoms with Crippen LogP contribution in [0.5, 0.6) is 0 Å². The van der Waals surface area contributed by atoms with E-state index in [-0.39, 0.29) is 11.3 Å². The molecule has 1 saturated heterocycles. The number of hydrogen-bond donors (Lipinski definition) is 2. The highest BCUT2D eigenvalue weighted by Crippen LogP contribution is 2.33. The largest absolute Gasteiger partial charge is 0.481 e. The zero-order chi connectivity index (χ0) is 12.5. The second-order valence-corrected chi connectivity index (χ2v) is 3.60. The number of carbonyl (C=O) groups is 2. The summed E-state index contributed by atoms with van der Waals surface area (Å²) in [4.78, 5) is 21.3. The van der Waals surface area contributed by atoms with Crippen LogP contribution in [0.15, 0.2) is 0 Å². The van der Waals surface area contributed by atoms with E-state index in [1.165, 1.54) is 0 Å². The first-order chi connectivity index (χ1) is 7.23. The molecule has 1 amide bonds. The van der Waals surface area contributed by atoms with E-state index in [0.29, 0.717) is 0 Å². The van der Waals surface area contributed by atoms with Gasteiger partial charge in [0.25, 0.3) is 0 Å². The molecule has 0 spiro atoms. The third-order valence-electron chi connectivity index (χ3n) is 2.55. The van der Waals surface area contributed by atoms with Crippen LogP contribution in [0.4, 0.5) is 18.0 Å². The number of piperidine rings is 1. The molecule has 0 bridgehead atoms. The Labute approximate surface area is 88.5 Å². The van der Waals surface area contributed by atoms with E-state index in [0.717, 1.165) is 0 Å². The number of nitrogens with zero attached hydrogens (tertiary/aromatic N) is 1. The maximum Gasteiger partial charge on any atom is 0.408 e. The number of rotatable bonds is 1. The van der Waals surface area contributed by atoms with Gasteiger partial charge in [-0.2, -0.15) is 13.2 Å². The third-order valence-corrected chi connectivity index (χ3v) is 2.55. The van der Waals surface area contributed by atoms with Gasteiger partial charge in [-0.25, -0.2) is 4.79 Å². The van der Waals surface area contributed by atoms with E-state index in [1.54, 1.807) is 0 Å². The second kappa shape index (κ2) is 4.18. The Balaban J connectivity index is 2.84. The lowest BCUT2D eigenvalue weighted by atomic mass is 9.93. The van der Waals surface area contributed by atoms with E-state index in [9.17, 15) is 22.8 Å². The van der Waals surface area contributed by atoms with Crippen molar-refractivity contribution in [2.45, 2.75) is 25.1 Å². The topological polar surface area (TPSA) is 77.8 Å². The lowest BCUT2D eigenvalue weighted by Crippen LogP contribution is -2.54. The van der Waals surface area contributed by atoms with Crippen LogP contribution in [0.2, 0.25) is 0 Å². The number of hydrogen-bond acceptors (Lipinski definition) is 2. The molecule has 16 heavy (non-hydrogen) atoms. The molecule has 92 valence electrons. The lowest BCUT2D eigenvalue weighted by Gasteiger charge is -2.37. The molecule has 0 aromatic heterocycles. The molecule has 5 nitrogen and oxygen atoms in total. The van der Waals surface area contributed by atoms with Crippen LogP contribution in [0.3, 0.4) is 0 Å². The Kier molecular flexibility index (Phi) is 3.30. The van der Waals surface area contributed by atoms with E-state index in [1.807, 2.05) is 0 Å². The fourth-order valence-corrected chi connectivity index (χ4v) is 1.72. The molecule has 1 aliphatic rings. The second-order valence-electron chi connectivity index (χ2n) is 3.60. The van der Waals surface area contributed by atoms with Crippen LogP contribution in [-0.4, -0.2) is 45.9 Å². The van der Waals surface area contributed by atoms with Crippen molar-refractivity contribution in [3.63, 3.8) is 0 Å². The Hall–Kier alpha value is -1.47. The van der Waals surface area contributed by atoms with Gasteiger partial charge in [0.05, 0.1) is 5.92 Å². The Morgan fingerprint density at radius 1 is 1.19 bits per heavy atom. The molecule has 1 fully saturated rings. The minimum atomic E-state index is -4.65. The van der Waals surface area contributed by atoms with Gasteiger partial charge in [-0.1, -0.05) is 0 Å². The normalized spacial score (nSPS) is 26.6. The molecule has 1 heterocycles. The predicted octanol–water partition coefficient (Wildman–Crippen LogP) is 1.39. The maximum atomic E-state index is 12.4. The highest BCUT2D eigenvalue weighted by molar-refractivity contribution is 5.72. The number of aliphatic carboxylic acids is 1. The molecule has 1 rings (SSSR count). The number of likely N-dealkylation sites (tertiary alicyclic amines) is 1. The first-order valence-corrected chi connectivity index (χ1v) is 4.52. The zero-order valence-corrected chi connectivity index (χ0v) is 8.07. The summed E-state index contributed by atoms with van der Waals surface area (Å²) in [5.74, 6) is -2.33. The molecule has 0 saturated carbocycles. The van der Waals surface area contributed by atoms with Gasteiger partial charge in [0.2, 0.25) is 0 Å². The maximum absolute atomic E-state index is 12.4. The summed E-state index contributed by atoms with van der Waals surface area (Å²) >= 11 is 0. The highest BCUT2D eigenvalue weighted by Gasteiger charge is 2.49. The lowest BCUT2D eigenvalue weighted by molar-refractivity contribution is -0.190. The summed E-state index contributed by atoms with van der Waals surface area (Å²) in [6.07, 6.45) is -7.06. The van der Waals surface area contributed by atoms with Gasteiger partial charge in [0.1, 0.15) is 6.04 Å². The molecule has 0 radical (unpaired) electrons.